The van der Waals surface area contributed by atoms with Gasteiger partial charge in [0.25, 0.3) is 5.56 Å². The van der Waals surface area contributed by atoms with Gasteiger partial charge in [0, 0.05) is 48.6 Å². The van der Waals surface area contributed by atoms with E-state index >= 15 is 0 Å². The highest BCUT2D eigenvalue weighted by Gasteiger charge is 2.21. The van der Waals surface area contributed by atoms with Crippen molar-refractivity contribution >= 4 is 22.1 Å². The molecule has 0 amide bonds. The van der Waals surface area contributed by atoms with E-state index in [4.69, 9.17) is 0 Å². The molecule has 3 aromatic heterocycles. The molecule has 4 heterocycles. The van der Waals surface area contributed by atoms with Crippen molar-refractivity contribution in [3.05, 3.63) is 64.6 Å². The van der Waals surface area contributed by atoms with E-state index in [0.717, 1.165) is 41.2 Å². The molecule has 1 aromatic carbocycles. The Balaban J connectivity index is 1.57. The molecule has 30 heavy (non-hydrogen) atoms. The molecular weight excluding hydrogens is 376 g/mol. The van der Waals surface area contributed by atoms with Gasteiger partial charge in [0.05, 0.1) is 17.6 Å². The second kappa shape index (κ2) is 6.95. The summed E-state index contributed by atoms with van der Waals surface area (Å²) in [5, 5.41) is 5.20. The lowest BCUT2D eigenvalue weighted by molar-refractivity contribution is 0.407. The highest BCUT2D eigenvalue weighted by atomic mass is 16.1. The largest absolute Gasteiger partial charge is 0.368 e. The van der Waals surface area contributed by atoms with Crippen LogP contribution < -0.4 is 15.8 Å². The molecule has 7 heteroatoms. The number of aromatic nitrogens is 4. The van der Waals surface area contributed by atoms with Gasteiger partial charge in [0.1, 0.15) is 0 Å². The SMILES string of the molecule is Cc1cn2cc(-n3ccc4cc(N5C[C@@H](C)N[C@H](C)C5)ccc4c3=O)nc(C)c2n1. The Morgan fingerprint density at radius 2 is 1.80 bits per heavy atom. The average Bonchev–Trinajstić information content (AvgIpc) is 3.08. The van der Waals surface area contributed by atoms with Crippen LogP contribution >= 0.6 is 0 Å². The first-order valence-corrected chi connectivity index (χ1v) is 10.4. The van der Waals surface area contributed by atoms with Gasteiger partial charge in [-0.15, -0.1) is 0 Å². The fourth-order valence-corrected chi connectivity index (χ4v) is 4.52. The Bertz CT molecular complexity index is 1310. The zero-order valence-electron chi connectivity index (χ0n) is 17.8. The molecule has 0 aliphatic carbocycles. The number of anilines is 1. The van der Waals surface area contributed by atoms with E-state index < -0.39 is 0 Å². The number of benzene rings is 1. The summed E-state index contributed by atoms with van der Waals surface area (Å²) < 4.78 is 3.54. The summed E-state index contributed by atoms with van der Waals surface area (Å²) in [6.07, 6.45) is 5.61. The summed E-state index contributed by atoms with van der Waals surface area (Å²) in [6.45, 7) is 10.2. The first-order valence-electron chi connectivity index (χ1n) is 10.4. The van der Waals surface area contributed by atoms with Crippen LogP contribution in [-0.4, -0.2) is 44.1 Å². The van der Waals surface area contributed by atoms with Gasteiger partial charge < -0.3 is 14.6 Å². The second-order valence-electron chi connectivity index (χ2n) is 8.43. The average molecular weight is 403 g/mol. The quantitative estimate of drug-likeness (QED) is 0.558. The predicted molar refractivity (Wildman–Crippen MR) is 120 cm³/mol. The molecular formula is C23H26N6O. The number of fused-ring (bicyclic) bond motifs is 2. The van der Waals surface area contributed by atoms with Gasteiger partial charge in [0.15, 0.2) is 11.5 Å². The first kappa shape index (κ1) is 18.8. The maximum atomic E-state index is 13.2. The number of imidazole rings is 1. The first-order chi connectivity index (χ1) is 14.4. The molecule has 7 nitrogen and oxygen atoms in total. The van der Waals surface area contributed by atoms with E-state index in [0.29, 0.717) is 23.3 Å². The monoisotopic (exact) mass is 402 g/mol. The maximum Gasteiger partial charge on any atom is 0.264 e. The Hall–Kier alpha value is -3.19. The van der Waals surface area contributed by atoms with Crippen LogP contribution in [0.3, 0.4) is 0 Å². The molecule has 0 spiro atoms. The maximum absolute atomic E-state index is 13.2. The number of aryl methyl sites for hydroxylation is 2. The number of nitrogens with zero attached hydrogens (tertiary/aromatic N) is 5. The van der Waals surface area contributed by atoms with E-state index in [9.17, 15) is 4.79 Å². The third kappa shape index (κ3) is 3.15. The lowest BCUT2D eigenvalue weighted by Crippen LogP contribution is -2.54. The van der Waals surface area contributed by atoms with Crippen LogP contribution in [0.25, 0.3) is 22.2 Å². The zero-order valence-corrected chi connectivity index (χ0v) is 17.8. The van der Waals surface area contributed by atoms with Gasteiger partial charge in [-0.1, -0.05) is 0 Å². The van der Waals surface area contributed by atoms with Crippen LogP contribution in [0, 0.1) is 13.8 Å². The topological polar surface area (TPSA) is 67.5 Å². The summed E-state index contributed by atoms with van der Waals surface area (Å²) in [5.41, 5.74) is 3.62. The molecule has 1 N–H and O–H groups in total. The molecule has 0 saturated carbocycles. The van der Waals surface area contributed by atoms with Crippen LogP contribution in [0.15, 0.2) is 47.7 Å². The lowest BCUT2D eigenvalue weighted by atomic mass is 10.1. The van der Waals surface area contributed by atoms with Gasteiger partial charge in [-0.25, -0.2) is 9.97 Å². The van der Waals surface area contributed by atoms with Crippen molar-refractivity contribution in [2.24, 2.45) is 0 Å². The molecule has 4 aromatic rings. The van der Waals surface area contributed by atoms with Gasteiger partial charge in [-0.3, -0.25) is 9.36 Å². The molecule has 0 radical (unpaired) electrons. The van der Waals surface area contributed by atoms with Gasteiger partial charge >= 0.3 is 0 Å². The Labute approximate surface area is 175 Å². The van der Waals surface area contributed by atoms with Crippen LogP contribution in [0.1, 0.15) is 25.2 Å². The van der Waals surface area contributed by atoms with Crippen LogP contribution in [0.5, 0.6) is 0 Å². The lowest BCUT2D eigenvalue weighted by Gasteiger charge is -2.37. The third-order valence-electron chi connectivity index (χ3n) is 5.77. The van der Waals surface area contributed by atoms with Crippen LogP contribution in [0.2, 0.25) is 0 Å². The fraction of sp³-hybridized carbons (Fsp3) is 0.348. The second-order valence-corrected chi connectivity index (χ2v) is 8.43. The number of pyridine rings is 1. The minimum atomic E-state index is -0.0656. The number of nitrogens with one attached hydrogen (secondary N) is 1. The fourth-order valence-electron chi connectivity index (χ4n) is 4.52. The molecule has 1 aliphatic rings. The number of hydrogen-bond acceptors (Lipinski definition) is 5. The Kier molecular flexibility index (Phi) is 4.36. The van der Waals surface area contributed by atoms with Crippen molar-refractivity contribution in [3.8, 4) is 5.82 Å². The standard InChI is InChI=1S/C23H26N6O/c1-14-10-27(11-15(2)24-14)19-5-6-20-18(9-19)7-8-29(23(20)30)21-13-28-12-16(3)25-22(28)17(4)26-21/h5-9,12-15,24H,10-11H2,1-4H3/t14-,15-/m1/s1. The molecule has 1 aliphatic heterocycles. The molecule has 1 fully saturated rings. The molecule has 2 atom stereocenters. The Morgan fingerprint density at radius 1 is 1.03 bits per heavy atom. The minimum absolute atomic E-state index is 0.0656. The van der Waals surface area contributed by atoms with Gasteiger partial charge in [-0.2, -0.15) is 0 Å². The zero-order chi connectivity index (χ0) is 21.0. The number of hydrogen-bond donors (Lipinski definition) is 1. The summed E-state index contributed by atoms with van der Waals surface area (Å²) in [4.78, 5) is 24.7. The number of piperazine rings is 1. The highest BCUT2D eigenvalue weighted by Crippen LogP contribution is 2.23. The minimum Gasteiger partial charge on any atom is -0.368 e. The highest BCUT2D eigenvalue weighted by molar-refractivity contribution is 5.85. The van der Waals surface area contributed by atoms with E-state index in [2.05, 4.69) is 46.2 Å². The molecule has 1 saturated heterocycles. The van der Waals surface area contributed by atoms with E-state index in [-0.39, 0.29) is 5.56 Å². The number of rotatable bonds is 2. The predicted octanol–water partition coefficient (Wildman–Crippen LogP) is 2.84. The van der Waals surface area contributed by atoms with Crippen molar-refractivity contribution in [1.82, 2.24) is 24.3 Å². The van der Waals surface area contributed by atoms with E-state index in [1.807, 2.05) is 49.0 Å². The van der Waals surface area contributed by atoms with Gasteiger partial charge in [-0.05, 0) is 57.3 Å². The molecule has 0 unspecified atom stereocenters. The van der Waals surface area contributed by atoms with Crippen LogP contribution in [0.4, 0.5) is 5.69 Å². The summed E-state index contributed by atoms with van der Waals surface area (Å²) in [7, 11) is 0. The Morgan fingerprint density at radius 3 is 2.57 bits per heavy atom. The van der Waals surface area contributed by atoms with E-state index in [1.54, 1.807) is 4.57 Å². The van der Waals surface area contributed by atoms with Crippen molar-refractivity contribution < 1.29 is 0 Å². The third-order valence-corrected chi connectivity index (χ3v) is 5.77. The van der Waals surface area contributed by atoms with Crippen molar-refractivity contribution in [3.63, 3.8) is 0 Å². The molecule has 0 bridgehead atoms. The molecule has 5 rings (SSSR count). The normalized spacial score (nSPS) is 19.7. The van der Waals surface area contributed by atoms with E-state index in [1.165, 1.54) is 0 Å². The summed E-state index contributed by atoms with van der Waals surface area (Å²) in [5.74, 6) is 0.595. The van der Waals surface area contributed by atoms with Crippen molar-refractivity contribution in [1.29, 1.82) is 0 Å². The van der Waals surface area contributed by atoms with Crippen LogP contribution in [-0.2, 0) is 0 Å². The smallest absolute Gasteiger partial charge is 0.264 e. The summed E-state index contributed by atoms with van der Waals surface area (Å²) >= 11 is 0. The van der Waals surface area contributed by atoms with Crippen molar-refractivity contribution in [2.75, 3.05) is 18.0 Å². The van der Waals surface area contributed by atoms with Gasteiger partial charge in [0.2, 0.25) is 0 Å². The van der Waals surface area contributed by atoms with Crippen molar-refractivity contribution in [2.45, 2.75) is 39.8 Å². The summed E-state index contributed by atoms with van der Waals surface area (Å²) in [6, 6.07) is 8.98. The molecule has 154 valence electrons.